The molecule has 0 heterocycles. The van der Waals surface area contributed by atoms with Gasteiger partial charge in [-0.25, -0.2) is 13.1 Å². The van der Waals surface area contributed by atoms with Gasteiger partial charge in [-0.2, -0.15) is 0 Å². The molecule has 0 aromatic heterocycles. The fraction of sp³-hybridized carbons (Fsp3) is 0.348. The maximum atomic E-state index is 12.2. The van der Waals surface area contributed by atoms with Gasteiger partial charge in [0.05, 0.1) is 4.90 Å². The molecule has 0 aliphatic carbocycles. The van der Waals surface area contributed by atoms with Crippen molar-refractivity contribution in [3.05, 3.63) is 71.3 Å². The van der Waals surface area contributed by atoms with Crippen molar-refractivity contribution in [1.82, 2.24) is 14.9 Å². The van der Waals surface area contributed by atoms with E-state index in [0.717, 1.165) is 17.7 Å². The highest BCUT2D eigenvalue weighted by molar-refractivity contribution is 7.89. The van der Waals surface area contributed by atoms with E-state index in [1.165, 1.54) is 23.8 Å². The van der Waals surface area contributed by atoms with Crippen LogP contribution in [0.15, 0.2) is 59.5 Å². The summed E-state index contributed by atoms with van der Waals surface area (Å²) in [5.74, 6) is -0.202. The van der Waals surface area contributed by atoms with E-state index in [1.807, 2.05) is 18.2 Å². The third kappa shape index (κ3) is 7.09. The van der Waals surface area contributed by atoms with Crippen LogP contribution in [0.2, 0.25) is 0 Å². The highest BCUT2D eigenvalue weighted by Gasteiger charge is 2.11. The van der Waals surface area contributed by atoms with Gasteiger partial charge in [-0.15, -0.1) is 0 Å². The van der Waals surface area contributed by atoms with Crippen LogP contribution in [0.4, 0.5) is 0 Å². The predicted octanol–water partition coefficient (Wildman–Crippen LogP) is 3.15. The van der Waals surface area contributed by atoms with Gasteiger partial charge < -0.3 is 5.32 Å². The third-order valence-electron chi connectivity index (χ3n) is 4.82. The first-order valence-electron chi connectivity index (χ1n) is 10.1. The second-order valence-corrected chi connectivity index (χ2v) is 9.17. The zero-order valence-corrected chi connectivity index (χ0v) is 18.9. The van der Waals surface area contributed by atoms with E-state index in [9.17, 15) is 13.2 Å². The smallest absolute Gasteiger partial charge is 0.244 e. The van der Waals surface area contributed by atoms with E-state index in [0.29, 0.717) is 19.1 Å². The molecule has 2 aromatic carbocycles. The molecule has 7 heteroatoms. The SMILES string of the molecule is CCNS(=O)(=O)c1ccc(/C=C/C(=O)NCc2ccccc2CN(C)C(C)C)cc1. The van der Waals surface area contributed by atoms with Crippen molar-refractivity contribution in [3.63, 3.8) is 0 Å². The van der Waals surface area contributed by atoms with E-state index in [4.69, 9.17) is 0 Å². The lowest BCUT2D eigenvalue weighted by Gasteiger charge is -2.22. The number of nitrogens with one attached hydrogen (secondary N) is 2. The summed E-state index contributed by atoms with van der Waals surface area (Å²) in [5, 5.41) is 2.91. The van der Waals surface area contributed by atoms with Gasteiger partial charge in [0.15, 0.2) is 0 Å². The average Bonchev–Trinajstić information content (AvgIpc) is 2.71. The minimum atomic E-state index is -3.47. The van der Waals surface area contributed by atoms with Crippen LogP contribution in [0.5, 0.6) is 0 Å². The van der Waals surface area contributed by atoms with Gasteiger partial charge in [0.1, 0.15) is 0 Å². The third-order valence-corrected chi connectivity index (χ3v) is 6.39. The van der Waals surface area contributed by atoms with Crippen LogP contribution >= 0.6 is 0 Å². The minimum Gasteiger partial charge on any atom is -0.348 e. The molecule has 1 amide bonds. The molecule has 0 fully saturated rings. The van der Waals surface area contributed by atoms with Crippen LogP contribution in [0, 0.1) is 0 Å². The van der Waals surface area contributed by atoms with Crippen molar-refractivity contribution < 1.29 is 13.2 Å². The first-order chi connectivity index (χ1) is 14.2. The maximum absolute atomic E-state index is 12.2. The van der Waals surface area contributed by atoms with Gasteiger partial charge in [0, 0.05) is 31.8 Å². The standard InChI is InChI=1S/C23H31N3O3S/c1-5-25-30(28,29)22-13-10-19(11-14-22)12-15-23(27)24-16-20-8-6-7-9-21(20)17-26(4)18(2)3/h6-15,18,25H,5,16-17H2,1-4H3,(H,24,27)/b15-12+. The van der Waals surface area contributed by atoms with E-state index in [-0.39, 0.29) is 10.8 Å². The van der Waals surface area contributed by atoms with E-state index in [2.05, 4.69) is 41.9 Å². The summed E-state index contributed by atoms with van der Waals surface area (Å²) in [6.45, 7) is 7.64. The number of carbonyl (C=O) groups excluding carboxylic acids is 1. The lowest BCUT2D eigenvalue weighted by Crippen LogP contribution is -2.27. The van der Waals surface area contributed by atoms with Crippen LogP contribution in [-0.4, -0.2) is 38.9 Å². The van der Waals surface area contributed by atoms with Gasteiger partial charge in [-0.3, -0.25) is 9.69 Å². The molecule has 2 N–H and O–H groups in total. The van der Waals surface area contributed by atoms with E-state index >= 15 is 0 Å². The largest absolute Gasteiger partial charge is 0.348 e. The highest BCUT2D eigenvalue weighted by Crippen LogP contribution is 2.13. The Morgan fingerprint density at radius 2 is 1.70 bits per heavy atom. The zero-order valence-electron chi connectivity index (χ0n) is 18.1. The van der Waals surface area contributed by atoms with Crippen molar-refractivity contribution in [2.24, 2.45) is 0 Å². The summed E-state index contributed by atoms with van der Waals surface area (Å²) in [7, 11) is -1.39. The Bertz CT molecular complexity index is 967. The monoisotopic (exact) mass is 429 g/mol. The first kappa shape index (κ1) is 23.8. The van der Waals surface area contributed by atoms with E-state index in [1.54, 1.807) is 25.1 Å². The van der Waals surface area contributed by atoms with Crippen molar-refractivity contribution in [1.29, 1.82) is 0 Å². The van der Waals surface area contributed by atoms with Gasteiger partial charge in [-0.1, -0.05) is 43.3 Å². The Kier molecular flexibility index (Phi) is 8.77. The predicted molar refractivity (Wildman–Crippen MR) is 121 cm³/mol. The number of benzene rings is 2. The summed E-state index contributed by atoms with van der Waals surface area (Å²) >= 11 is 0. The molecule has 2 rings (SSSR count). The number of amides is 1. The van der Waals surface area contributed by atoms with Crippen molar-refractivity contribution in [2.75, 3.05) is 13.6 Å². The average molecular weight is 430 g/mol. The van der Waals surface area contributed by atoms with Gasteiger partial charge in [0.2, 0.25) is 15.9 Å². The Morgan fingerprint density at radius 3 is 2.30 bits per heavy atom. The van der Waals surface area contributed by atoms with Crippen LogP contribution in [0.25, 0.3) is 6.08 Å². The summed E-state index contributed by atoms with van der Waals surface area (Å²) in [6, 6.07) is 14.9. The molecular weight excluding hydrogens is 398 g/mol. The molecule has 0 unspecified atom stereocenters. The van der Waals surface area contributed by atoms with Gasteiger partial charge in [-0.05, 0) is 55.8 Å². The summed E-state index contributed by atoms with van der Waals surface area (Å²) in [4.78, 5) is 14.7. The number of sulfonamides is 1. The Hall–Kier alpha value is -2.48. The number of carbonyl (C=O) groups is 1. The Morgan fingerprint density at radius 1 is 1.07 bits per heavy atom. The Labute approximate surface area is 180 Å². The number of nitrogens with zero attached hydrogens (tertiary/aromatic N) is 1. The summed E-state index contributed by atoms with van der Waals surface area (Å²) in [6.07, 6.45) is 3.12. The van der Waals surface area contributed by atoms with Crippen molar-refractivity contribution in [2.45, 2.75) is 44.8 Å². The molecular formula is C23H31N3O3S. The molecule has 0 aliphatic heterocycles. The molecule has 6 nitrogen and oxygen atoms in total. The quantitative estimate of drug-likeness (QED) is 0.569. The molecule has 162 valence electrons. The van der Waals surface area contributed by atoms with Crippen LogP contribution < -0.4 is 10.0 Å². The molecule has 0 saturated carbocycles. The molecule has 2 aromatic rings. The lowest BCUT2D eigenvalue weighted by atomic mass is 10.1. The lowest BCUT2D eigenvalue weighted by molar-refractivity contribution is -0.116. The first-order valence-corrected chi connectivity index (χ1v) is 11.5. The summed E-state index contributed by atoms with van der Waals surface area (Å²) < 4.78 is 26.4. The van der Waals surface area contributed by atoms with Gasteiger partial charge >= 0.3 is 0 Å². The fourth-order valence-electron chi connectivity index (χ4n) is 2.78. The normalized spacial score (nSPS) is 12.1. The molecule has 0 atom stereocenters. The fourth-order valence-corrected chi connectivity index (χ4v) is 3.82. The molecule has 0 aliphatic rings. The molecule has 0 saturated heterocycles. The maximum Gasteiger partial charge on any atom is 0.244 e. The zero-order chi connectivity index (χ0) is 22.1. The van der Waals surface area contributed by atoms with Crippen molar-refractivity contribution >= 4 is 22.0 Å². The van der Waals surface area contributed by atoms with Crippen molar-refractivity contribution in [3.8, 4) is 0 Å². The van der Waals surface area contributed by atoms with Crippen LogP contribution in [0.1, 0.15) is 37.5 Å². The number of rotatable bonds is 10. The molecule has 0 bridgehead atoms. The van der Waals surface area contributed by atoms with Crippen LogP contribution in [-0.2, 0) is 27.9 Å². The second kappa shape index (κ2) is 11.1. The topological polar surface area (TPSA) is 78.5 Å². The molecule has 30 heavy (non-hydrogen) atoms. The summed E-state index contributed by atoms with van der Waals surface area (Å²) in [5.41, 5.74) is 3.03. The highest BCUT2D eigenvalue weighted by atomic mass is 32.2. The Balaban J connectivity index is 1.96. The minimum absolute atomic E-state index is 0.202. The van der Waals surface area contributed by atoms with Gasteiger partial charge in [0.25, 0.3) is 0 Å². The molecule has 0 spiro atoms. The van der Waals surface area contributed by atoms with Crippen LogP contribution in [0.3, 0.4) is 0 Å². The number of hydrogen-bond donors (Lipinski definition) is 2. The molecule has 0 radical (unpaired) electrons. The van der Waals surface area contributed by atoms with E-state index < -0.39 is 10.0 Å². The second-order valence-electron chi connectivity index (χ2n) is 7.40. The number of hydrogen-bond acceptors (Lipinski definition) is 4.